The van der Waals surface area contributed by atoms with Gasteiger partial charge in [-0.25, -0.2) is 0 Å². The number of hydrogen-bond acceptors (Lipinski definition) is 3. The van der Waals surface area contributed by atoms with E-state index < -0.39 is 0 Å². The van der Waals surface area contributed by atoms with Gasteiger partial charge in [-0.15, -0.1) is 0 Å². The van der Waals surface area contributed by atoms with Crippen LogP contribution in [0.15, 0.2) is 46.9 Å². The Labute approximate surface area is 175 Å². The van der Waals surface area contributed by atoms with Crippen molar-refractivity contribution in [3.05, 3.63) is 58.1 Å². The predicted octanol–water partition coefficient (Wildman–Crippen LogP) is 5.12. The van der Waals surface area contributed by atoms with Gasteiger partial charge in [-0.2, -0.15) is 0 Å². The number of benzene rings is 2. The van der Waals surface area contributed by atoms with E-state index in [-0.39, 0.29) is 18.4 Å². The number of carbonyl (C=O) groups is 2. The smallest absolute Gasteiger partial charge is 0.262 e. The van der Waals surface area contributed by atoms with Crippen molar-refractivity contribution in [1.82, 2.24) is 5.32 Å². The quantitative estimate of drug-likeness (QED) is 0.561. The van der Waals surface area contributed by atoms with Gasteiger partial charge < -0.3 is 15.4 Å². The first kappa shape index (κ1) is 22.0. The van der Waals surface area contributed by atoms with Crippen LogP contribution in [0.3, 0.4) is 0 Å². The van der Waals surface area contributed by atoms with Gasteiger partial charge in [0.25, 0.3) is 11.8 Å². The maximum absolute atomic E-state index is 12.3. The molecule has 0 aromatic heterocycles. The lowest BCUT2D eigenvalue weighted by Crippen LogP contribution is -2.27. The van der Waals surface area contributed by atoms with E-state index in [1.54, 1.807) is 24.3 Å². The molecule has 6 heteroatoms. The largest absolute Gasteiger partial charge is 0.483 e. The first-order valence-electron chi connectivity index (χ1n) is 9.55. The highest BCUT2D eigenvalue weighted by Crippen LogP contribution is 2.30. The Morgan fingerprint density at radius 3 is 2.57 bits per heavy atom. The molecule has 0 bridgehead atoms. The molecule has 0 aliphatic rings. The van der Waals surface area contributed by atoms with Crippen molar-refractivity contribution in [2.24, 2.45) is 0 Å². The van der Waals surface area contributed by atoms with E-state index >= 15 is 0 Å². The summed E-state index contributed by atoms with van der Waals surface area (Å²) < 4.78 is 6.46. The molecule has 0 saturated carbocycles. The van der Waals surface area contributed by atoms with Crippen molar-refractivity contribution in [3.63, 3.8) is 0 Å². The van der Waals surface area contributed by atoms with E-state index in [2.05, 4.69) is 40.4 Å². The van der Waals surface area contributed by atoms with Crippen molar-refractivity contribution < 1.29 is 14.3 Å². The molecule has 0 fully saturated rings. The summed E-state index contributed by atoms with van der Waals surface area (Å²) >= 11 is 3.51. The van der Waals surface area contributed by atoms with E-state index in [9.17, 15) is 9.59 Å². The number of carbonyl (C=O) groups excluding carboxylic acids is 2. The molecule has 2 aromatic carbocycles. The van der Waals surface area contributed by atoms with Gasteiger partial charge in [0.15, 0.2) is 6.61 Å². The van der Waals surface area contributed by atoms with Crippen LogP contribution in [0.2, 0.25) is 0 Å². The van der Waals surface area contributed by atoms with Gasteiger partial charge in [0.1, 0.15) is 5.75 Å². The van der Waals surface area contributed by atoms with Crippen LogP contribution in [0.4, 0.5) is 5.69 Å². The molecule has 0 heterocycles. The lowest BCUT2D eigenvalue weighted by molar-refractivity contribution is -0.118. The highest BCUT2D eigenvalue weighted by molar-refractivity contribution is 9.10. The summed E-state index contributed by atoms with van der Waals surface area (Å²) in [5.74, 6) is 0.538. The zero-order valence-electron chi connectivity index (χ0n) is 16.5. The summed E-state index contributed by atoms with van der Waals surface area (Å²) in [4.78, 5) is 24.6. The van der Waals surface area contributed by atoms with Gasteiger partial charge in [0.05, 0.1) is 15.7 Å². The average molecular weight is 447 g/mol. The number of nitrogens with one attached hydrogen (secondary N) is 2. The summed E-state index contributed by atoms with van der Waals surface area (Å²) in [7, 11) is 0. The third kappa shape index (κ3) is 6.09. The molecule has 1 unspecified atom stereocenters. The average Bonchev–Trinajstić information content (AvgIpc) is 2.70. The summed E-state index contributed by atoms with van der Waals surface area (Å²) in [6, 6.07) is 12.8. The van der Waals surface area contributed by atoms with Gasteiger partial charge in [0, 0.05) is 6.54 Å². The number of anilines is 1. The van der Waals surface area contributed by atoms with Gasteiger partial charge in [-0.05, 0) is 64.5 Å². The van der Waals surface area contributed by atoms with Crippen molar-refractivity contribution in [1.29, 1.82) is 0 Å². The number of rotatable bonds is 9. The molecular weight excluding hydrogens is 420 g/mol. The Bertz CT molecular complexity index is 823. The molecule has 0 spiro atoms. The minimum absolute atomic E-state index is 0.147. The fraction of sp³-hybridized carbons (Fsp3) is 0.364. The Hall–Kier alpha value is -2.34. The third-order valence-corrected chi connectivity index (χ3v) is 5.10. The lowest BCUT2D eigenvalue weighted by atomic mass is 9.99. The lowest BCUT2D eigenvalue weighted by Gasteiger charge is -2.14. The molecular formula is C22H27BrN2O3. The van der Waals surface area contributed by atoms with E-state index in [4.69, 9.17) is 4.74 Å². The molecule has 5 nitrogen and oxygen atoms in total. The van der Waals surface area contributed by atoms with Crippen molar-refractivity contribution in [3.8, 4) is 5.75 Å². The monoisotopic (exact) mass is 446 g/mol. The van der Waals surface area contributed by atoms with Gasteiger partial charge in [0.2, 0.25) is 0 Å². The summed E-state index contributed by atoms with van der Waals surface area (Å²) in [6.07, 6.45) is 1.90. The van der Waals surface area contributed by atoms with Crippen LogP contribution in [0.1, 0.15) is 55.5 Å². The predicted molar refractivity (Wildman–Crippen MR) is 116 cm³/mol. The molecule has 0 aliphatic heterocycles. The number of amides is 2. The maximum Gasteiger partial charge on any atom is 0.262 e. The fourth-order valence-electron chi connectivity index (χ4n) is 2.63. The zero-order valence-corrected chi connectivity index (χ0v) is 18.1. The summed E-state index contributed by atoms with van der Waals surface area (Å²) in [5.41, 5.74) is 2.12. The zero-order chi connectivity index (χ0) is 20.5. The van der Waals surface area contributed by atoms with Gasteiger partial charge >= 0.3 is 0 Å². The SMILES string of the molecule is CCCNC(=O)c1ccccc1NC(=O)COc1ccc(C(C)CC)cc1Br. The molecule has 150 valence electrons. The van der Waals surface area contributed by atoms with Gasteiger partial charge in [-0.3, -0.25) is 9.59 Å². The molecule has 1 atom stereocenters. The molecule has 0 radical (unpaired) electrons. The van der Waals surface area contributed by atoms with Crippen LogP contribution >= 0.6 is 15.9 Å². The molecule has 2 amide bonds. The number of halogens is 1. The van der Waals surface area contributed by atoms with Crippen LogP contribution in [-0.2, 0) is 4.79 Å². The first-order valence-corrected chi connectivity index (χ1v) is 10.3. The highest BCUT2D eigenvalue weighted by atomic mass is 79.9. The van der Waals surface area contributed by atoms with E-state index in [0.717, 1.165) is 17.3 Å². The fourth-order valence-corrected chi connectivity index (χ4v) is 3.14. The summed E-state index contributed by atoms with van der Waals surface area (Å²) in [5, 5.41) is 5.58. The Kier molecular flexibility index (Phi) is 8.51. The van der Waals surface area contributed by atoms with E-state index in [1.807, 2.05) is 25.1 Å². The van der Waals surface area contributed by atoms with Gasteiger partial charge in [-0.1, -0.05) is 39.0 Å². The van der Waals surface area contributed by atoms with E-state index in [0.29, 0.717) is 29.5 Å². The van der Waals surface area contributed by atoms with Crippen LogP contribution in [-0.4, -0.2) is 25.0 Å². The topological polar surface area (TPSA) is 67.4 Å². The minimum Gasteiger partial charge on any atom is -0.483 e. The first-order chi connectivity index (χ1) is 13.5. The number of ether oxygens (including phenoxy) is 1. The normalized spacial score (nSPS) is 11.6. The Balaban J connectivity index is 1.99. The molecule has 28 heavy (non-hydrogen) atoms. The maximum atomic E-state index is 12.3. The van der Waals surface area contributed by atoms with Crippen molar-refractivity contribution >= 4 is 33.4 Å². The molecule has 0 aliphatic carbocycles. The third-order valence-electron chi connectivity index (χ3n) is 4.48. The molecule has 2 N–H and O–H groups in total. The standard InChI is InChI=1S/C22H27BrN2O3/c1-4-12-24-22(27)17-8-6-7-9-19(17)25-21(26)14-28-20-11-10-16(13-18(20)23)15(3)5-2/h6-11,13,15H,4-5,12,14H2,1-3H3,(H,24,27)(H,25,26). The Morgan fingerprint density at radius 2 is 1.89 bits per heavy atom. The van der Waals surface area contributed by atoms with Crippen LogP contribution < -0.4 is 15.4 Å². The Morgan fingerprint density at radius 1 is 1.14 bits per heavy atom. The number of para-hydroxylation sites is 1. The highest BCUT2D eigenvalue weighted by Gasteiger charge is 2.14. The van der Waals surface area contributed by atoms with Crippen LogP contribution in [0, 0.1) is 0 Å². The van der Waals surface area contributed by atoms with Crippen LogP contribution in [0.25, 0.3) is 0 Å². The van der Waals surface area contributed by atoms with Crippen LogP contribution in [0.5, 0.6) is 5.75 Å². The molecule has 0 saturated heterocycles. The second-order valence-electron chi connectivity index (χ2n) is 6.64. The second-order valence-corrected chi connectivity index (χ2v) is 7.49. The van der Waals surface area contributed by atoms with E-state index in [1.165, 1.54) is 5.56 Å². The number of hydrogen-bond donors (Lipinski definition) is 2. The molecule has 2 rings (SSSR count). The summed E-state index contributed by atoms with van der Waals surface area (Å²) in [6.45, 7) is 6.74. The molecule has 2 aromatic rings. The van der Waals surface area contributed by atoms with Crippen molar-refractivity contribution in [2.75, 3.05) is 18.5 Å². The minimum atomic E-state index is -0.325. The van der Waals surface area contributed by atoms with Crippen molar-refractivity contribution in [2.45, 2.75) is 39.5 Å². The second kappa shape index (κ2) is 10.9.